The third-order valence-corrected chi connectivity index (χ3v) is 4.84. The highest BCUT2D eigenvalue weighted by Crippen LogP contribution is 2.27. The van der Waals surface area contributed by atoms with E-state index in [1.54, 1.807) is 14.2 Å². The van der Waals surface area contributed by atoms with Gasteiger partial charge < -0.3 is 24.4 Å². The smallest absolute Gasteiger partial charge is 0.407 e. The first-order chi connectivity index (χ1) is 11.1. The minimum absolute atomic E-state index is 0.183. The van der Waals surface area contributed by atoms with E-state index in [2.05, 4.69) is 11.8 Å². The van der Waals surface area contributed by atoms with Gasteiger partial charge in [-0.15, -0.1) is 0 Å². The second kappa shape index (κ2) is 11.6. The van der Waals surface area contributed by atoms with Gasteiger partial charge in [0.25, 0.3) is 0 Å². The molecule has 1 aliphatic rings. The van der Waals surface area contributed by atoms with Gasteiger partial charge in [-0.25, -0.2) is 4.79 Å². The average molecular weight is 330 g/mol. The Labute approximate surface area is 140 Å². The summed E-state index contributed by atoms with van der Waals surface area (Å²) < 4.78 is 10.9. The molecule has 1 fully saturated rings. The van der Waals surface area contributed by atoms with E-state index < -0.39 is 6.09 Å². The van der Waals surface area contributed by atoms with Crippen molar-refractivity contribution in [3.63, 3.8) is 0 Å². The largest absolute Gasteiger partial charge is 0.465 e. The first-order valence-corrected chi connectivity index (χ1v) is 8.83. The van der Waals surface area contributed by atoms with Crippen LogP contribution in [0.25, 0.3) is 0 Å². The van der Waals surface area contributed by atoms with Gasteiger partial charge in [-0.05, 0) is 44.6 Å². The Kier molecular flexibility index (Phi) is 10.2. The normalized spacial score (nSPS) is 21.6. The zero-order valence-electron chi connectivity index (χ0n) is 15.0. The molecule has 23 heavy (non-hydrogen) atoms. The summed E-state index contributed by atoms with van der Waals surface area (Å²) >= 11 is 0. The number of ether oxygens (including phenoxy) is 2. The molecule has 0 unspecified atom stereocenters. The Balaban J connectivity index is 2.06. The summed E-state index contributed by atoms with van der Waals surface area (Å²) in [5.74, 6) is 0.587. The first kappa shape index (κ1) is 20.2. The van der Waals surface area contributed by atoms with Gasteiger partial charge in [0.2, 0.25) is 0 Å². The molecule has 136 valence electrons. The topological polar surface area (TPSA) is 62.2 Å². The van der Waals surface area contributed by atoms with Crippen molar-refractivity contribution < 1.29 is 19.4 Å². The molecule has 0 aromatic carbocycles. The molecule has 0 atom stereocenters. The van der Waals surface area contributed by atoms with Crippen molar-refractivity contribution in [1.82, 2.24) is 9.80 Å². The van der Waals surface area contributed by atoms with Gasteiger partial charge in [-0.1, -0.05) is 6.92 Å². The minimum Gasteiger partial charge on any atom is -0.465 e. The summed E-state index contributed by atoms with van der Waals surface area (Å²) in [4.78, 5) is 14.8. The predicted octanol–water partition coefficient (Wildman–Crippen LogP) is 2.53. The van der Waals surface area contributed by atoms with Crippen LogP contribution in [0.3, 0.4) is 0 Å². The fourth-order valence-electron chi connectivity index (χ4n) is 3.14. The van der Waals surface area contributed by atoms with Crippen LogP contribution in [-0.2, 0) is 9.47 Å². The fraction of sp³-hybridized carbons (Fsp3) is 0.941. The quantitative estimate of drug-likeness (QED) is 0.590. The third kappa shape index (κ3) is 7.99. The van der Waals surface area contributed by atoms with Gasteiger partial charge >= 0.3 is 6.09 Å². The molecule has 1 amide bonds. The molecule has 1 saturated carbocycles. The molecule has 1 aliphatic carbocycles. The van der Waals surface area contributed by atoms with Crippen LogP contribution in [0.15, 0.2) is 0 Å². The maximum atomic E-state index is 11.0. The summed E-state index contributed by atoms with van der Waals surface area (Å²) in [5.41, 5.74) is 0. The molecule has 0 spiro atoms. The Morgan fingerprint density at radius 3 is 2.43 bits per heavy atom. The van der Waals surface area contributed by atoms with Gasteiger partial charge in [0.15, 0.2) is 0 Å². The summed E-state index contributed by atoms with van der Waals surface area (Å²) in [6.07, 6.45) is 4.27. The van der Waals surface area contributed by atoms with E-state index in [0.717, 1.165) is 71.6 Å². The van der Waals surface area contributed by atoms with Crippen LogP contribution < -0.4 is 0 Å². The number of amides is 1. The van der Waals surface area contributed by atoms with Crippen molar-refractivity contribution in [1.29, 1.82) is 0 Å². The molecule has 0 saturated heterocycles. The lowest BCUT2D eigenvalue weighted by Crippen LogP contribution is -2.39. The van der Waals surface area contributed by atoms with Crippen molar-refractivity contribution in [2.75, 3.05) is 53.6 Å². The van der Waals surface area contributed by atoms with E-state index in [9.17, 15) is 4.79 Å². The van der Waals surface area contributed by atoms with Crippen molar-refractivity contribution in [3.8, 4) is 0 Å². The summed E-state index contributed by atoms with van der Waals surface area (Å²) in [7, 11) is 3.41. The number of hydrogen-bond acceptors (Lipinski definition) is 4. The molecule has 6 heteroatoms. The predicted molar refractivity (Wildman–Crippen MR) is 91.0 cm³/mol. The molecular weight excluding hydrogens is 296 g/mol. The maximum Gasteiger partial charge on any atom is 0.407 e. The van der Waals surface area contributed by atoms with Crippen LogP contribution in [0.1, 0.15) is 39.0 Å². The second-order valence-electron chi connectivity index (χ2n) is 6.42. The highest BCUT2D eigenvalue weighted by atomic mass is 16.5. The average Bonchev–Trinajstić information content (AvgIpc) is 2.57. The summed E-state index contributed by atoms with van der Waals surface area (Å²) in [5, 5.41) is 9.01. The van der Waals surface area contributed by atoms with Crippen molar-refractivity contribution in [3.05, 3.63) is 0 Å². The zero-order valence-corrected chi connectivity index (χ0v) is 15.0. The number of methoxy groups -OCH3 is 1. The van der Waals surface area contributed by atoms with E-state index in [0.29, 0.717) is 5.92 Å². The molecule has 0 radical (unpaired) electrons. The van der Waals surface area contributed by atoms with Gasteiger partial charge in [0.05, 0.1) is 6.61 Å². The van der Waals surface area contributed by atoms with E-state index in [-0.39, 0.29) is 6.04 Å². The number of hydrogen-bond donors (Lipinski definition) is 1. The Morgan fingerprint density at radius 2 is 1.87 bits per heavy atom. The maximum absolute atomic E-state index is 11.0. The van der Waals surface area contributed by atoms with Gasteiger partial charge in [0.1, 0.15) is 0 Å². The van der Waals surface area contributed by atoms with E-state index >= 15 is 0 Å². The number of nitrogens with zero attached hydrogens (tertiary/aromatic N) is 2. The number of carboxylic acid groups (broad SMARTS) is 1. The number of rotatable bonds is 11. The summed E-state index contributed by atoms with van der Waals surface area (Å²) in [6, 6.07) is 0.183. The SMILES string of the molecule is CCN(CCCOCC1CCC(N(C)C(=O)O)CC1)CCOC. The van der Waals surface area contributed by atoms with E-state index in [1.807, 2.05) is 0 Å². The summed E-state index contributed by atoms with van der Waals surface area (Å²) in [6.45, 7) is 7.65. The molecule has 0 aliphatic heterocycles. The third-order valence-electron chi connectivity index (χ3n) is 4.84. The molecule has 1 N–H and O–H groups in total. The number of likely N-dealkylation sites (N-methyl/N-ethyl adjacent to an activating group) is 1. The van der Waals surface area contributed by atoms with Crippen molar-refractivity contribution >= 4 is 6.09 Å². The molecular formula is C17H34N2O4. The van der Waals surface area contributed by atoms with Crippen molar-refractivity contribution in [2.24, 2.45) is 5.92 Å². The van der Waals surface area contributed by atoms with Crippen LogP contribution in [0.5, 0.6) is 0 Å². The van der Waals surface area contributed by atoms with Gasteiger partial charge in [0, 0.05) is 46.5 Å². The molecule has 6 nitrogen and oxygen atoms in total. The van der Waals surface area contributed by atoms with Crippen LogP contribution in [-0.4, -0.2) is 80.7 Å². The van der Waals surface area contributed by atoms with Crippen LogP contribution >= 0.6 is 0 Å². The lowest BCUT2D eigenvalue weighted by atomic mass is 9.86. The lowest BCUT2D eigenvalue weighted by Gasteiger charge is -2.33. The van der Waals surface area contributed by atoms with E-state index in [4.69, 9.17) is 14.6 Å². The number of carbonyl (C=O) groups is 1. The van der Waals surface area contributed by atoms with Crippen LogP contribution in [0.2, 0.25) is 0 Å². The van der Waals surface area contributed by atoms with Crippen molar-refractivity contribution in [2.45, 2.75) is 45.1 Å². The van der Waals surface area contributed by atoms with E-state index in [1.165, 1.54) is 4.90 Å². The molecule has 0 aromatic rings. The molecule has 0 heterocycles. The standard InChI is InChI=1S/C17H34N2O4/c1-4-19(11-13-22-3)10-5-12-23-14-15-6-8-16(9-7-15)18(2)17(20)21/h15-16H,4-14H2,1-3H3,(H,20,21). The molecule has 0 bridgehead atoms. The lowest BCUT2D eigenvalue weighted by molar-refractivity contribution is 0.0610. The zero-order chi connectivity index (χ0) is 17.1. The molecule has 0 aromatic heterocycles. The fourth-order valence-corrected chi connectivity index (χ4v) is 3.14. The minimum atomic E-state index is -0.821. The highest BCUT2D eigenvalue weighted by Gasteiger charge is 2.26. The van der Waals surface area contributed by atoms with Gasteiger partial charge in [-0.2, -0.15) is 0 Å². The first-order valence-electron chi connectivity index (χ1n) is 8.83. The second-order valence-corrected chi connectivity index (χ2v) is 6.42. The Bertz CT molecular complexity index is 320. The highest BCUT2D eigenvalue weighted by molar-refractivity contribution is 5.64. The Hall–Kier alpha value is -0.850. The van der Waals surface area contributed by atoms with Gasteiger partial charge in [-0.3, -0.25) is 0 Å². The Morgan fingerprint density at radius 1 is 1.17 bits per heavy atom. The molecule has 1 rings (SSSR count). The van der Waals surface area contributed by atoms with Crippen LogP contribution in [0, 0.1) is 5.92 Å². The monoisotopic (exact) mass is 330 g/mol. The van der Waals surface area contributed by atoms with Crippen LogP contribution in [0.4, 0.5) is 4.79 Å².